The van der Waals surface area contributed by atoms with Crippen molar-refractivity contribution in [2.75, 3.05) is 11.9 Å². The number of rotatable bonds is 2. The van der Waals surface area contributed by atoms with Crippen molar-refractivity contribution >= 4 is 17.7 Å². The van der Waals surface area contributed by atoms with E-state index in [2.05, 4.69) is 5.32 Å². The first-order chi connectivity index (χ1) is 13.2. The Hall–Kier alpha value is -2.82. The van der Waals surface area contributed by atoms with E-state index in [0.717, 1.165) is 27.9 Å². The molecule has 0 aromatic heterocycles. The smallest absolute Gasteiger partial charge is 0.411 e. The van der Waals surface area contributed by atoms with E-state index < -0.39 is 17.7 Å². The summed E-state index contributed by atoms with van der Waals surface area (Å²) in [6.45, 7) is 9.85. The molecule has 1 aliphatic heterocycles. The van der Waals surface area contributed by atoms with Gasteiger partial charge in [0.25, 0.3) is 5.91 Å². The summed E-state index contributed by atoms with van der Waals surface area (Å²) in [5.41, 5.74) is 4.08. The minimum Gasteiger partial charge on any atom is -0.444 e. The maximum Gasteiger partial charge on any atom is 0.411 e. The predicted octanol–water partition coefficient (Wildman–Crippen LogP) is 4.78. The zero-order chi connectivity index (χ0) is 20.5. The molecule has 0 saturated heterocycles. The highest BCUT2D eigenvalue weighted by molar-refractivity contribution is 5.98. The largest absolute Gasteiger partial charge is 0.444 e. The summed E-state index contributed by atoms with van der Waals surface area (Å²) in [5.74, 6) is -0.226. The molecule has 148 valence electrons. The van der Waals surface area contributed by atoms with Crippen LogP contribution in [0.5, 0.6) is 0 Å². The maximum atomic E-state index is 13.4. The Balaban J connectivity index is 1.96. The lowest BCUT2D eigenvalue weighted by Crippen LogP contribution is -2.47. The van der Waals surface area contributed by atoms with Crippen molar-refractivity contribution in [3.8, 4) is 0 Å². The van der Waals surface area contributed by atoms with Crippen molar-refractivity contribution in [2.24, 2.45) is 0 Å². The van der Waals surface area contributed by atoms with Crippen molar-refractivity contribution in [1.29, 1.82) is 0 Å². The Bertz CT molecular complexity index is 879. The zero-order valence-corrected chi connectivity index (χ0v) is 17.2. The number of amides is 2. The number of hydrogen-bond donors (Lipinski definition) is 1. The van der Waals surface area contributed by atoms with E-state index >= 15 is 0 Å². The second-order valence-electron chi connectivity index (χ2n) is 8.28. The van der Waals surface area contributed by atoms with Crippen LogP contribution in [0.15, 0.2) is 42.5 Å². The van der Waals surface area contributed by atoms with Gasteiger partial charge in [0.2, 0.25) is 0 Å². The van der Waals surface area contributed by atoms with Crippen LogP contribution in [-0.4, -0.2) is 29.0 Å². The fraction of sp³-hybridized carbons (Fsp3) is 0.391. The molecule has 2 aromatic carbocycles. The second kappa shape index (κ2) is 7.66. The van der Waals surface area contributed by atoms with Gasteiger partial charge in [-0.25, -0.2) is 4.79 Å². The van der Waals surface area contributed by atoms with Gasteiger partial charge in [-0.1, -0.05) is 42.5 Å². The van der Waals surface area contributed by atoms with E-state index in [9.17, 15) is 9.59 Å². The van der Waals surface area contributed by atoms with Gasteiger partial charge in [-0.2, -0.15) is 0 Å². The molecule has 0 bridgehead atoms. The third-order valence-electron chi connectivity index (χ3n) is 4.89. The molecule has 1 unspecified atom stereocenters. The van der Waals surface area contributed by atoms with Crippen LogP contribution >= 0.6 is 0 Å². The molecule has 0 aliphatic carbocycles. The lowest BCUT2D eigenvalue weighted by molar-refractivity contribution is -0.122. The Labute approximate surface area is 166 Å². The summed E-state index contributed by atoms with van der Waals surface area (Å²) in [6.07, 6.45) is 0.228. The molecule has 3 rings (SSSR count). The highest BCUT2D eigenvalue weighted by Gasteiger charge is 2.38. The van der Waals surface area contributed by atoms with E-state index in [1.54, 1.807) is 0 Å². The SMILES string of the molecule is Cc1cccc(C)c1NC(=O)C1c2ccccc2CCN1C(=O)OC(C)(C)C. The monoisotopic (exact) mass is 380 g/mol. The number of aryl methyl sites for hydroxylation is 2. The highest BCUT2D eigenvalue weighted by Crippen LogP contribution is 2.33. The van der Waals surface area contributed by atoms with Crippen LogP contribution in [-0.2, 0) is 16.0 Å². The fourth-order valence-corrected chi connectivity index (χ4v) is 3.57. The minimum absolute atomic E-state index is 0.226. The van der Waals surface area contributed by atoms with Crippen LogP contribution in [0.4, 0.5) is 10.5 Å². The summed E-state index contributed by atoms with van der Waals surface area (Å²) in [7, 11) is 0. The number of carbonyl (C=O) groups excluding carboxylic acids is 2. The number of nitrogens with one attached hydrogen (secondary N) is 1. The summed E-state index contributed by atoms with van der Waals surface area (Å²) in [6, 6.07) is 13.0. The van der Waals surface area contributed by atoms with Crippen LogP contribution in [0.1, 0.15) is 49.1 Å². The van der Waals surface area contributed by atoms with Crippen molar-refractivity contribution in [1.82, 2.24) is 4.90 Å². The first kappa shape index (κ1) is 19.9. The number of carbonyl (C=O) groups is 2. The third-order valence-corrected chi connectivity index (χ3v) is 4.89. The lowest BCUT2D eigenvalue weighted by atomic mass is 9.92. The molecule has 2 amide bonds. The summed E-state index contributed by atoms with van der Waals surface area (Å²) in [4.78, 5) is 27.7. The normalized spacial score (nSPS) is 16.3. The molecule has 1 aliphatic rings. The predicted molar refractivity (Wildman–Crippen MR) is 110 cm³/mol. The standard InChI is InChI=1S/C23H28N2O3/c1-15-9-8-10-16(2)19(15)24-21(26)20-18-12-7-6-11-17(18)13-14-25(20)22(27)28-23(3,4)5/h6-12,20H,13-14H2,1-5H3,(H,24,26). The molecule has 2 aromatic rings. The van der Waals surface area contributed by atoms with Gasteiger partial charge in [-0.15, -0.1) is 0 Å². The molecule has 1 N–H and O–H groups in total. The van der Waals surface area contributed by atoms with Crippen molar-refractivity contribution in [2.45, 2.75) is 52.7 Å². The van der Waals surface area contributed by atoms with Crippen molar-refractivity contribution in [3.63, 3.8) is 0 Å². The minimum atomic E-state index is -0.723. The number of hydrogen-bond acceptors (Lipinski definition) is 3. The van der Waals surface area contributed by atoms with Gasteiger partial charge in [0.15, 0.2) is 0 Å². The summed E-state index contributed by atoms with van der Waals surface area (Å²) in [5, 5.41) is 3.05. The number of benzene rings is 2. The molecular weight excluding hydrogens is 352 g/mol. The highest BCUT2D eigenvalue weighted by atomic mass is 16.6. The van der Waals surface area contributed by atoms with Crippen LogP contribution in [0, 0.1) is 13.8 Å². The fourth-order valence-electron chi connectivity index (χ4n) is 3.57. The van der Waals surface area contributed by atoms with E-state index in [0.29, 0.717) is 13.0 Å². The van der Waals surface area contributed by atoms with E-state index in [-0.39, 0.29) is 5.91 Å². The van der Waals surface area contributed by atoms with Crippen LogP contribution in [0.2, 0.25) is 0 Å². The van der Waals surface area contributed by atoms with Gasteiger partial charge < -0.3 is 10.1 Å². The molecular formula is C23H28N2O3. The van der Waals surface area contributed by atoms with Crippen LogP contribution < -0.4 is 5.32 Å². The van der Waals surface area contributed by atoms with Crippen LogP contribution in [0.3, 0.4) is 0 Å². The molecule has 0 saturated carbocycles. The number of para-hydroxylation sites is 1. The first-order valence-corrected chi connectivity index (χ1v) is 9.62. The third kappa shape index (κ3) is 4.19. The van der Waals surface area contributed by atoms with Gasteiger partial charge in [-0.3, -0.25) is 9.69 Å². The quantitative estimate of drug-likeness (QED) is 0.816. The number of ether oxygens (including phenoxy) is 1. The number of fused-ring (bicyclic) bond motifs is 1. The van der Waals surface area contributed by atoms with E-state index in [1.165, 1.54) is 4.90 Å². The zero-order valence-electron chi connectivity index (χ0n) is 17.2. The maximum absolute atomic E-state index is 13.4. The molecule has 5 nitrogen and oxygen atoms in total. The topological polar surface area (TPSA) is 58.6 Å². The summed E-state index contributed by atoms with van der Waals surface area (Å²) < 4.78 is 5.58. The van der Waals surface area contributed by atoms with E-state index in [4.69, 9.17) is 4.74 Å². The Morgan fingerprint density at radius 3 is 2.32 bits per heavy atom. The van der Waals surface area contributed by atoms with Crippen molar-refractivity contribution in [3.05, 3.63) is 64.7 Å². The van der Waals surface area contributed by atoms with Gasteiger partial charge in [0.05, 0.1) is 0 Å². The van der Waals surface area contributed by atoms with Crippen LogP contribution in [0.25, 0.3) is 0 Å². The lowest BCUT2D eigenvalue weighted by Gasteiger charge is -2.37. The molecule has 1 atom stereocenters. The van der Waals surface area contributed by atoms with E-state index in [1.807, 2.05) is 77.1 Å². The second-order valence-corrected chi connectivity index (χ2v) is 8.28. The molecule has 1 heterocycles. The first-order valence-electron chi connectivity index (χ1n) is 9.62. The molecule has 28 heavy (non-hydrogen) atoms. The van der Waals surface area contributed by atoms with Gasteiger partial charge in [0.1, 0.15) is 11.6 Å². The number of anilines is 1. The Kier molecular flexibility index (Phi) is 5.45. The molecule has 0 fully saturated rings. The number of nitrogens with zero attached hydrogens (tertiary/aromatic N) is 1. The van der Waals surface area contributed by atoms with Gasteiger partial charge in [-0.05, 0) is 63.3 Å². The molecule has 5 heteroatoms. The Morgan fingerprint density at radius 1 is 1.04 bits per heavy atom. The molecule has 0 spiro atoms. The Morgan fingerprint density at radius 2 is 1.68 bits per heavy atom. The average molecular weight is 380 g/mol. The molecule has 0 radical (unpaired) electrons. The van der Waals surface area contributed by atoms with Crippen molar-refractivity contribution < 1.29 is 14.3 Å². The van der Waals surface area contributed by atoms with Gasteiger partial charge >= 0.3 is 6.09 Å². The average Bonchev–Trinajstić information content (AvgIpc) is 2.62. The van der Waals surface area contributed by atoms with Gasteiger partial charge in [0, 0.05) is 12.2 Å². The summed E-state index contributed by atoms with van der Waals surface area (Å²) >= 11 is 0.